The van der Waals surface area contributed by atoms with Crippen LogP contribution < -0.4 is 5.32 Å². The summed E-state index contributed by atoms with van der Waals surface area (Å²) in [5.41, 5.74) is 0.691. The Labute approximate surface area is 99.6 Å². The zero-order chi connectivity index (χ0) is 11.8. The molecule has 0 saturated carbocycles. The average Bonchev–Trinajstić information content (AvgIpc) is 2.34. The van der Waals surface area contributed by atoms with E-state index in [1.165, 1.54) is 0 Å². The van der Waals surface area contributed by atoms with E-state index < -0.39 is 0 Å². The molecular weight excluding hydrogens is 222 g/mol. The molecule has 0 bridgehead atoms. The predicted octanol–water partition coefficient (Wildman–Crippen LogP) is 2.12. The predicted molar refractivity (Wildman–Crippen MR) is 65.9 cm³/mol. The molecule has 16 heavy (non-hydrogen) atoms. The number of rotatable bonds is 6. The van der Waals surface area contributed by atoms with Gasteiger partial charge in [0.1, 0.15) is 6.29 Å². The number of amides is 1. The third-order valence-electron chi connectivity index (χ3n) is 2.09. The van der Waals surface area contributed by atoms with E-state index in [0.717, 1.165) is 23.4 Å². The van der Waals surface area contributed by atoms with Crippen molar-refractivity contribution in [3.63, 3.8) is 0 Å². The quantitative estimate of drug-likeness (QED) is 0.468. The lowest BCUT2D eigenvalue weighted by molar-refractivity contribution is -0.120. The second-order valence-corrected chi connectivity index (χ2v) is 4.48. The summed E-state index contributed by atoms with van der Waals surface area (Å²) in [6.45, 7) is 0. The maximum atomic E-state index is 11.0. The molecule has 0 fully saturated rings. The third-order valence-corrected chi connectivity index (χ3v) is 3.17. The van der Waals surface area contributed by atoms with Gasteiger partial charge in [-0.15, -0.1) is 11.8 Å². The minimum atomic E-state index is 0.0715. The van der Waals surface area contributed by atoms with Crippen molar-refractivity contribution < 1.29 is 9.59 Å². The molecule has 1 amide bonds. The molecule has 0 atom stereocenters. The highest BCUT2D eigenvalue weighted by molar-refractivity contribution is 7.99. The van der Waals surface area contributed by atoms with Gasteiger partial charge in [-0.25, -0.2) is 0 Å². The van der Waals surface area contributed by atoms with E-state index in [0.29, 0.717) is 12.0 Å². The fourth-order valence-electron chi connectivity index (χ4n) is 1.23. The van der Waals surface area contributed by atoms with Crippen molar-refractivity contribution in [2.24, 2.45) is 0 Å². The van der Waals surface area contributed by atoms with Crippen LogP contribution in [0.25, 0.3) is 0 Å². The molecule has 1 N–H and O–H groups in total. The molecule has 0 aliphatic carbocycles. The Kier molecular flexibility index (Phi) is 5.64. The van der Waals surface area contributed by atoms with Crippen molar-refractivity contribution in [2.75, 3.05) is 12.8 Å². The minimum Gasteiger partial charge on any atom is -0.359 e. The SMILES string of the molecule is CNC(=O)CCCSc1cccc(C=O)c1. The van der Waals surface area contributed by atoms with Crippen molar-refractivity contribution in [2.45, 2.75) is 17.7 Å². The number of nitrogens with one attached hydrogen (secondary N) is 1. The lowest BCUT2D eigenvalue weighted by Crippen LogP contribution is -2.17. The molecule has 0 aliphatic heterocycles. The topological polar surface area (TPSA) is 46.2 Å². The maximum Gasteiger partial charge on any atom is 0.219 e. The van der Waals surface area contributed by atoms with Gasteiger partial charge in [0, 0.05) is 23.9 Å². The Balaban J connectivity index is 2.31. The molecular formula is C12H15NO2S. The van der Waals surface area contributed by atoms with Crippen LogP contribution in [-0.4, -0.2) is 25.0 Å². The molecule has 1 aromatic rings. The Morgan fingerprint density at radius 2 is 2.31 bits per heavy atom. The first kappa shape index (κ1) is 12.8. The van der Waals surface area contributed by atoms with Crippen molar-refractivity contribution in [1.82, 2.24) is 5.32 Å². The van der Waals surface area contributed by atoms with Gasteiger partial charge in [-0.3, -0.25) is 9.59 Å². The summed E-state index contributed by atoms with van der Waals surface area (Å²) in [6, 6.07) is 7.47. The monoisotopic (exact) mass is 237 g/mol. The standard InChI is InChI=1S/C12H15NO2S/c1-13-12(15)6-3-7-16-11-5-2-4-10(8-11)9-14/h2,4-5,8-9H,3,6-7H2,1H3,(H,13,15). The summed E-state index contributed by atoms with van der Waals surface area (Å²) in [4.78, 5) is 22.6. The van der Waals surface area contributed by atoms with Crippen molar-refractivity contribution >= 4 is 24.0 Å². The van der Waals surface area contributed by atoms with Crippen LogP contribution in [0.2, 0.25) is 0 Å². The lowest BCUT2D eigenvalue weighted by atomic mass is 10.2. The van der Waals surface area contributed by atoms with Crippen LogP contribution in [-0.2, 0) is 4.79 Å². The van der Waals surface area contributed by atoms with Crippen LogP contribution in [0.3, 0.4) is 0 Å². The van der Waals surface area contributed by atoms with Crippen LogP contribution in [0.4, 0.5) is 0 Å². The zero-order valence-electron chi connectivity index (χ0n) is 9.23. The number of carbonyl (C=O) groups excluding carboxylic acids is 2. The Morgan fingerprint density at radius 3 is 3.00 bits per heavy atom. The fourth-order valence-corrected chi connectivity index (χ4v) is 2.14. The van der Waals surface area contributed by atoms with E-state index in [-0.39, 0.29) is 5.91 Å². The number of aldehydes is 1. The summed E-state index contributed by atoms with van der Waals surface area (Å²) in [7, 11) is 1.64. The molecule has 1 rings (SSSR count). The lowest BCUT2D eigenvalue weighted by Gasteiger charge is -2.02. The average molecular weight is 237 g/mol. The first-order chi connectivity index (χ1) is 7.76. The van der Waals surface area contributed by atoms with Crippen LogP contribution in [0.15, 0.2) is 29.2 Å². The minimum absolute atomic E-state index is 0.0715. The molecule has 4 heteroatoms. The number of carbonyl (C=O) groups is 2. The van der Waals surface area contributed by atoms with Crippen LogP contribution in [0.1, 0.15) is 23.2 Å². The first-order valence-corrected chi connectivity index (χ1v) is 6.13. The van der Waals surface area contributed by atoms with E-state index in [2.05, 4.69) is 5.32 Å². The van der Waals surface area contributed by atoms with Gasteiger partial charge in [-0.1, -0.05) is 12.1 Å². The highest BCUT2D eigenvalue weighted by Crippen LogP contribution is 2.19. The molecule has 0 radical (unpaired) electrons. The van der Waals surface area contributed by atoms with Crippen molar-refractivity contribution in [3.05, 3.63) is 29.8 Å². The molecule has 1 aromatic carbocycles. The maximum absolute atomic E-state index is 11.0. The van der Waals surface area contributed by atoms with Gasteiger partial charge in [-0.05, 0) is 24.3 Å². The third kappa shape index (κ3) is 4.49. The highest BCUT2D eigenvalue weighted by atomic mass is 32.2. The van der Waals surface area contributed by atoms with Gasteiger partial charge in [0.2, 0.25) is 5.91 Å². The molecule has 0 saturated heterocycles. The summed E-state index contributed by atoms with van der Waals surface area (Å²) in [5.74, 6) is 0.956. The summed E-state index contributed by atoms with van der Waals surface area (Å²) >= 11 is 1.66. The Hall–Kier alpha value is -1.29. The molecule has 3 nitrogen and oxygen atoms in total. The Morgan fingerprint density at radius 1 is 1.50 bits per heavy atom. The number of hydrogen-bond acceptors (Lipinski definition) is 3. The van der Waals surface area contributed by atoms with Gasteiger partial charge in [0.05, 0.1) is 0 Å². The van der Waals surface area contributed by atoms with E-state index in [1.807, 2.05) is 18.2 Å². The number of benzene rings is 1. The van der Waals surface area contributed by atoms with Gasteiger partial charge >= 0.3 is 0 Å². The number of hydrogen-bond donors (Lipinski definition) is 1. The van der Waals surface area contributed by atoms with E-state index >= 15 is 0 Å². The molecule has 0 spiro atoms. The van der Waals surface area contributed by atoms with Crippen LogP contribution >= 0.6 is 11.8 Å². The van der Waals surface area contributed by atoms with E-state index in [4.69, 9.17) is 0 Å². The highest BCUT2D eigenvalue weighted by Gasteiger charge is 1.99. The fraction of sp³-hybridized carbons (Fsp3) is 0.333. The normalized spacial score (nSPS) is 9.81. The molecule has 0 aromatic heterocycles. The first-order valence-electron chi connectivity index (χ1n) is 5.15. The molecule has 86 valence electrons. The van der Waals surface area contributed by atoms with Gasteiger partial charge in [-0.2, -0.15) is 0 Å². The molecule has 0 unspecified atom stereocenters. The Bertz CT molecular complexity index is 366. The van der Waals surface area contributed by atoms with Gasteiger partial charge < -0.3 is 5.32 Å². The van der Waals surface area contributed by atoms with E-state index in [9.17, 15) is 9.59 Å². The van der Waals surface area contributed by atoms with Crippen LogP contribution in [0.5, 0.6) is 0 Å². The van der Waals surface area contributed by atoms with Crippen molar-refractivity contribution in [3.8, 4) is 0 Å². The molecule has 0 aliphatic rings. The number of thioether (sulfide) groups is 1. The molecule has 0 heterocycles. The summed E-state index contributed by atoms with van der Waals surface area (Å²) in [5, 5.41) is 2.59. The largest absolute Gasteiger partial charge is 0.359 e. The van der Waals surface area contributed by atoms with Gasteiger partial charge in [0.15, 0.2) is 0 Å². The second-order valence-electron chi connectivity index (χ2n) is 3.32. The van der Waals surface area contributed by atoms with Crippen LogP contribution in [0, 0.1) is 0 Å². The van der Waals surface area contributed by atoms with Gasteiger partial charge in [0.25, 0.3) is 0 Å². The second kappa shape index (κ2) is 7.06. The zero-order valence-corrected chi connectivity index (χ0v) is 10.0. The van der Waals surface area contributed by atoms with Crippen molar-refractivity contribution in [1.29, 1.82) is 0 Å². The summed E-state index contributed by atoms with van der Waals surface area (Å²) < 4.78 is 0. The van der Waals surface area contributed by atoms with E-state index in [1.54, 1.807) is 24.9 Å². The smallest absolute Gasteiger partial charge is 0.219 e. The summed E-state index contributed by atoms with van der Waals surface area (Å²) in [6.07, 6.45) is 2.24.